The fourth-order valence-electron chi connectivity index (χ4n) is 4.38. The Kier molecular flexibility index (Phi) is 5.95. The quantitative estimate of drug-likeness (QED) is 0.517. The van der Waals surface area contributed by atoms with Crippen molar-refractivity contribution < 1.29 is 37.6 Å². The van der Waals surface area contributed by atoms with Gasteiger partial charge in [0.2, 0.25) is 0 Å². The van der Waals surface area contributed by atoms with Gasteiger partial charge in [-0.1, -0.05) is 12.1 Å². The van der Waals surface area contributed by atoms with E-state index in [2.05, 4.69) is 0 Å². The molecule has 3 saturated heterocycles. The van der Waals surface area contributed by atoms with Crippen LogP contribution in [0.25, 0.3) is 6.08 Å². The topological polar surface area (TPSA) is 72.5 Å². The molecule has 170 valence electrons. The van der Waals surface area contributed by atoms with E-state index < -0.39 is 47.8 Å². The Morgan fingerprint density at radius 3 is 2.55 bits per heavy atom. The van der Waals surface area contributed by atoms with E-state index in [1.54, 1.807) is 19.1 Å². The van der Waals surface area contributed by atoms with Crippen LogP contribution in [0.2, 0.25) is 0 Å². The molecule has 8 heteroatoms. The number of benzene rings is 1. The Morgan fingerprint density at radius 2 is 1.87 bits per heavy atom. The van der Waals surface area contributed by atoms with Crippen LogP contribution in [0.4, 0.5) is 4.39 Å². The lowest BCUT2D eigenvalue weighted by Gasteiger charge is -2.27. The Balaban J connectivity index is 1.66. The molecule has 0 N–H and O–H groups in total. The molecule has 3 heterocycles. The van der Waals surface area contributed by atoms with E-state index in [1.807, 2.05) is 27.7 Å². The van der Waals surface area contributed by atoms with Gasteiger partial charge in [-0.15, -0.1) is 0 Å². The first-order valence-electron chi connectivity index (χ1n) is 10.6. The predicted molar refractivity (Wildman–Crippen MR) is 108 cm³/mol. The lowest BCUT2D eigenvalue weighted by atomic mass is 9.95. The van der Waals surface area contributed by atoms with Gasteiger partial charge in [-0.25, -0.2) is 9.18 Å². The summed E-state index contributed by atoms with van der Waals surface area (Å²) in [6, 6.07) is 4.71. The summed E-state index contributed by atoms with van der Waals surface area (Å²) in [7, 11) is 0. The standard InChI is InChI=1S/C23H29FO7/c1-6-26-17(25)11-10-13-14(8-7-9-15(13)24)18-20-21(31-23(4,5)30-20)19(28-18)16-12-27-22(2,3)29-16/h7-11,16,18-21H,6,12H2,1-5H3/b11-10+/t16-,18-,19-,20-,21+/m1/s1. The van der Waals surface area contributed by atoms with Crippen LogP contribution >= 0.6 is 0 Å². The van der Waals surface area contributed by atoms with Gasteiger partial charge in [0.15, 0.2) is 11.6 Å². The zero-order valence-corrected chi connectivity index (χ0v) is 18.4. The fraction of sp³-hybridized carbons (Fsp3) is 0.609. The summed E-state index contributed by atoms with van der Waals surface area (Å²) in [6.07, 6.45) is 0.328. The number of hydrogen-bond acceptors (Lipinski definition) is 7. The molecule has 0 radical (unpaired) electrons. The molecule has 5 atom stereocenters. The molecule has 0 aromatic heterocycles. The van der Waals surface area contributed by atoms with Crippen molar-refractivity contribution in [2.24, 2.45) is 0 Å². The van der Waals surface area contributed by atoms with Crippen LogP contribution in [0.3, 0.4) is 0 Å². The second-order valence-corrected chi connectivity index (χ2v) is 8.78. The molecule has 0 unspecified atom stereocenters. The van der Waals surface area contributed by atoms with Gasteiger partial charge < -0.3 is 28.4 Å². The molecular weight excluding hydrogens is 407 g/mol. The maximum absolute atomic E-state index is 14.8. The second kappa shape index (κ2) is 8.26. The molecule has 7 nitrogen and oxygen atoms in total. The van der Waals surface area contributed by atoms with E-state index in [1.165, 1.54) is 18.2 Å². The number of ether oxygens (including phenoxy) is 6. The van der Waals surface area contributed by atoms with Gasteiger partial charge in [0.05, 0.1) is 13.2 Å². The Morgan fingerprint density at radius 1 is 1.13 bits per heavy atom. The number of hydrogen-bond donors (Lipinski definition) is 0. The second-order valence-electron chi connectivity index (χ2n) is 8.78. The summed E-state index contributed by atoms with van der Waals surface area (Å²) in [5.74, 6) is -2.55. The molecular formula is C23H29FO7. The van der Waals surface area contributed by atoms with Crippen LogP contribution in [0.1, 0.15) is 51.8 Å². The Bertz CT molecular complexity index is 865. The number of fused-ring (bicyclic) bond motifs is 1. The van der Waals surface area contributed by atoms with Crippen molar-refractivity contribution in [3.63, 3.8) is 0 Å². The summed E-state index contributed by atoms with van der Waals surface area (Å²) in [5.41, 5.74) is 0.815. The SMILES string of the molecule is CCOC(=O)/C=C/c1c(F)cccc1[C@H]1O[C@H]([C@H]2COC(C)(C)O2)[C@@H]2OC(C)(C)O[C@@H]21. The highest BCUT2D eigenvalue weighted by atomic mass is 19.1. The third-order valence-corrected chi connectivity index (χ3v) is 5.55. The Hall–Kier alpha value is -1.84. The summed E-state index contributed by atoms with van der Waals surface area (Å²) >= 11 is 0. The number of halogens is 1. The first-order chi connectivity index (χ1) is 14.6. The largest absolute Gasteiger partial charge is 0.463 e. The smallest absolute Gasteiger partial charge is 0.330 e. The van der Waals surface area contributed by atoms with Gasteiger partial charge in [-0.05, 0) is 52.3 Å². The predicted octanol–water partition coefficient (Wildman–Crippen LogP) is 3.51. The van der Waals surface area contributed by atoms with Gasteiger partial charge in [0, 0.05) is 11.6 Å². The first-order valence-corrected chi connectivity index (χ1v) is 10.6. The maximum Gasteiger partial charge on any atom is 0.330 e. The Labute approximate surface area is 181 Å². The van der Waals surface area contributed by atoms with Crippen LogP contribution in [0.5, 0.6) is 0 Å². The number of carbonyl (C=O) groups is 1. The lowest BCUT2D eigenvalue weighted by Crippen LogP contribution is -2.40. The van der Waals surface area contributed by atoms with E-state index in [-0.39, 0.29) is 18.3 Å². The first kappa shape index (κ1) is 22.4. The van der Waals surface area contributed by atoms with Crippen molar-refractivity contribution in [2.75, 3.05) is 13.2 Å². The van der Waals surface area contributed by atoms with Crippen molar-refractivity contribution in [1.82, 2.24) is 0 Å². The average molecular weight is 436 g/mol. The summed E-state index contributed by atoms with van der Waals surface area (Å²) in [6.45, 7) is 9.67. The highest BCUT2D eigenvalue weighted by Crippen LogP contribution is 2.48. The van der Waals surface area contributed by atoms with Gasteiger partial charge in [0.1, 0.15) is 36.3 Å². The molecule has 0 spiro atoms. The molecule has 0 amide bonds. The molecule has 0 aliphatic carbocycles. The maximum atomic E-state index is 14.8. The lowest BCUT2D eigenvalue weighted by molar-refractivity contribution is -0.207. The zero-order chi connectivity index (χ0) is 22.4. The minimum absolute atomic E-state index is 0.241. The minimum Gasteiger partial charge on any atom is -0.463 e. The van der Waals surface area contributed by atoms with Crippen LogP contribution in [-0.4, -0.2) is 55.2 Å². The van der Waals surface area contributed by atoms with E-state index in [0.29, 0.717) is 12.2 Å². The van der Waals surface area contributed by atoms with Gasteiger partial charge in [-0.3, -0.25) is 0 Å². The van der Waals surface area contributed by atoms with E-state index >= 15 is 0 Å². The summed E-state index contributed by atoms with van der Waals surface area (Å²) in [4.78, 5) is 11.8. The zero-order valence-electron chi connectivity index (χ0n) is 18.4. The van der Waals surface area contributed by atoms with Crippen LogP contribution in [0, 0.1) is 5.82 Å². The fourth-order valence-corrected chi connectivity index (χ4v) is 4.38. The average Bonchev–Trinajstić information content (AvgIpc) is 3.30. The van der Waals surface area contributed by atoms with Crippen molar-refractivity contribution in [3.05, 3.63) is 41.2 Å². The minimum atomic E-state index is -0.821. The van der Waals surface area contributed by atoms with E-state index in [0.717, 1.165) is 0 Å². The molecule has 31 heavy (non-hydrogen) atoms. The summed E-state index contributed by atoms with van der Waals surface area (Å²) < 4.78 is 50.1. The molecule has 0 bridgehead atoms. The van der Waals surface area contributed by atoms with Crippen LogP contribution in [0.15, 0.2) is 24.3 Å². The van der Waals surface area contributed by atoms with Gasteiger partial charge >= 0.3 is 5.97 Å². The monoisotopic (exact) mass is 436 g/mol. The van der Waals surface area contributed by atoms with Crippen molar-refractivity contribution in [1.29, 1.82) is 0 Å². The molecule has 4 rings (SSSR count). The number of esters is 1. The van der Waals surface area contributed by atoms with Gasteiger partial charge in [-0.2, -0.15) is 0 Å². The highest BCUT2D eigenvalue weighted by Gasteiger charge is 2.59. The molecule has 3 aliphatic rings. The third-order valence-electron chi connectivity index (χ3n) is 5.55. The third kappa shape index (κ3) is 4.54. The van der Waals surface area contributed by atoms with Crippen molar-refractivity contribution in [2.45, 2.75) is 76.7 Å². The number of carbonyl (C=O) groups excluding carboxylic acids is 1. The molecule has 1 aromatic rings. The molecule has 0 saturated carbocycles. The van der Waals surface area contributed by atoms with Crippen LogP contribution < -0.4 is 0 Å². The number of rotatable bonds is 5. The normalized spacial score (nSPS) is 33.7. The molecule has 3 fully saturated rings. The summed E-state index contributed by atoms with van der Waals surface area (Å²) in [5, 5.41) is 0. The van der Waals surface area contributed by atoms with E-state index in [4.69, 9.17) is 28.4 Å². The van der Waals surface area contributed by atoms with E-state index in [9.17, 15) is 9.18 Å². The highest BCUT2D eigenvalue weighted by molar-refractivity contribution is 5.87. The van der Waals surface area contributed by atoms with Gasteiger partial charge in [0.25, 0.3) is 0 Å². The molecule has 1 aromatic carbocycles. The van der Waals surface area contributed by atoms with Crippen molar-refractivity contribution in [3.8, 4) is 0 Å². The molecule has 3 aliphatic heterocycles. The van der Waals surface area contributed by atoms with Crippen LogP contribution in [-0.2, 0) is 33.2 Å². The van der Waals surface area contributed by atoms with Crippen molar-refractivity contribution >= 4 is 12.0 Å².